The van der Waals surface area contributed by atoms with Crippen molar-refractivity contribution in [2.45, 2.75) is 37.5 Å². The summed E-state index contributed by atoms with van der Waals surface area (Å²) >= 11 is 1.32. The number of aromatic nitrogens is 2. The smallest absolute Gasteiger partial charge is 0.186 e. The summed E-state index contributed by atoms with van der Waals surface area (Å²) < 4.78 is 16.4. The van der Waals surface area contributed by atoms with Gasteiger partial charge in [-0.25, -0.2) is 4.39 Å². The molecule has 1 aromatic carbocycles. The van der Waals surface area contributed by atoms with Crippen molar-refractivity contribution in [2.24, 2.45) is 13.0 Å². The van der Waals surface area contributed by atoms with Crippen LogP contribution in [0.4, 0.5) is 4.39 Å². The van der Waals surface area contributed by atoms with Gasteiger partial charge in [-0.1, -0.05) is 30.0 Å². The molecule has 0 amide bonds. The van der Waals surface area contributed by atoms with E-state index in [-0.39, 0.29) is 27.9 Å². The molecule has 2 aliphatic rings. The van der Waals surface area contributed by atoms with Gasteiger partial charge in [-0.3, -0.25) is 19.2 Å². The van der Waals surface area contributed by atoms with Crippen molar-refractivity contribution in [1.29, 1.82) is 0 Å². The maximum atomic E-state index is 14.7. The number of hydrogen-bond acceptors (Lipinski definition) is 5. The lowest BCUT2D eigenvalue weighted by Gasteiger charge is -2.38. The average molecular weight is 428 g/mol. The van der Waals surface area contributed by atoms with Gasteiger partial charge in [0.1, 0.15) is 5.82 Å². The van der Waals surface area contributed by atoms with Crippen LogP contribution in [0.3, 0.4) is 0 Å². The van der Waals surface area contributed by atoms with Crippen molar-refractivity contribution < 1.29 is 14.0 Å². The van der Waals surface area contributed by atoms with Gasteiger partial charge in [-0.05, 0) is 43.0 Å². The molecule has 0 spiro atoms. The van der Waals surface area contributed by atoms with Gasteiger partial charge in [0, 0.05) is 50.0 Å². The van der Waals surface area contributed by atoms with Crippen molar-refractivity contribution in [2.75, 3.05) is 13.1 Å². The SMILES string of the molecule is CC(=O)SC1CCN(C(C(=O)C2CC2)c2ccccc2F)C/C1=C/c1ccn(C)n1. The summed E-state index contributed by atoms with van der Waals surface area (Å²) in [6, 6.07) is 7.91. The molecule has 0 radical (unpaired) electrons. The Balaban J connectivity index is 1.66. The van der Waals surface area contributed by atoms with Gasteiger partial charge in [-0.15, -0.1) is 0 Å². The number of halogens is 1. The highest BCUT2D eigenvalue weighted by Gasteiger charge is 2.41. The van der Waals surface area contributed by atoms with E-state index in [2.05, 4.69) is 10.00 Å². The van der Waals surface area contributed by atoms with E-state index in [0.717, 1.165) is 30.5 Å². The average Bonchev–Trinajstić information content (AvgIpc) is 3.47. The number of benzene rings is 1. The van der Waals surface area contributed by atoms with Crippen LogP contribution in [0.25, 0.3) is 6.08 Å². The molecule has 30 heavy (non-hydrogen) atoms. The van der Waals surface area contributed by atoms with Crippen LogP contribution in [0.1, 0.15) is 43.5 Å². The fourth-order valence-electron chi connectivity index (χ4n) is 4.10. The van der Waals surface area contributed by atoms with Crippen LogP contribution in [0, 0.1) is 11.7 Å². The molecule has 1 saturated heterocycles. The number of nitrogens with zero attached hydrogens (tertiary/aromatic N) is 3. The van der Waals surface area contributed by atoms with Crippen molar-refractivity contribution in [3.8, 4) is 0 Å². The summed E-state index contributed by atoms with van der Waals surface area (Å²) in [6.07, 6.45) is 6.38. The minimum atomic E-state index is -0.589. The molecule has 2 heterocycles. The molecule has 1 aliphatic heterocycles. The lowest BCUT2D eigenvalue weighted by Crippen LogP contribution is -2.43. The Morgan fingerprint density at radius 3 is 2.63 bits per heavy atom. The van der Waals surface area contributed by atoms with Gasteiger partial charge >= 0.3 is 0 Å². The van der Waals surface area contributed by atoms with Gasteiger partial charge < -0.3 is 0 Å². The van der Waals surface area contributed by atoms with Gasteiger partial charge in [0.25, 0.3) is 0 Å². The first-order valence-electron chi connectivity index (χ1n) is 10.3. The molecule has 2 aromatic rings. The maximum Gasteiger partial charge on any atom is 0.186 e. The van der Waals surface area contributed by atoms with Crippen molar-refractivity contribution in [1.82, 2.24) is 14.7 Å². The highest BCUT2D eigenvalue weighted by Crippen LogP contribution is 2.40. The lowest BCUT2D eigenvalue weighted by atomic mass is 9.93. The number of piperidine rings is 1. The van der Waals surface area contributed by atoms with E-state index in [1.165, 1.54) is 17.8 Å². The topological polar surface area (TPSA) is 55.2 Å². The highest BCUT2D eigenvalue weighted by molar-refractivity contribution is 8.14. The van der Waals surface area contributed by atoms with E-state index in [4.69, 9.17) is 0 Å². The fourth-order valence-corrected chi connectivity index (χ4v) is 5.01. The molecule has 0 N–H and O–H groups in total. The summed E-state index contributed by atoms with van der Waals surface area (Å²) in [7, 11) is 1.86. The normalized spacial score (nSPS) is 22.2. The monoisotopic (exact) mass is 427 g/mol. The zero-order chi connectivity index (χ0) is 21.3. The lowest BCUT2D eigenvalue weighted by molar-refractivity contribution is -0.126. The summed E-state index contributed by atoms with van der Waals surface area (Å²) in [5, 5.41) is 4.54. The van der Waals surface area contributed by atoms with Gasteiger partial charge in [-0.2, -0.15) is 5.10 Å². The number of aryl methyl sites for hydroxylation is 1. The van der Waals surface area contributed by atoms with E-state index in [1.54, 1.807) is 29.8 Å². The number of thioether (sulfide) groups is 1. The summed E-state index contributed by atoms with van der Waals surface area (Å²) in [5.41, 5.74) is 2.31. The molecule has 158 valence electrons. The number of ketones is 1. The number of likely N-dealkylation sites (tertiary alicyclic amines) is 1. The Kier molecular flexibility index (Phi) is 6.20. The Labute approximate surface area is 180 Å². The highest BCUT2D eigenvalue weighted by atomic mass is 32.2. The molecule has 4 rings (SSSR count). The predicted octanol–water partition coefficient (Wildman–Crippen LogP) is 4.02. The van der Waals surface area contributed by atoms with Crippen LogP contribution < -0.4 is 0 Å². The van der Waals surface area contributed by atoms with Crippen molar-refractivity contribution in [3.05, 3.63) is 59.2 Å². The van der Waals surface area contributed by atoms with Crippen LogP contribution in [-0.2, 0) is 16.6 Å². The number of carbonyl (C=O) groups is 2. The van der Waals surface area contributed by atoms with E-state index >= 15 is 0 Å². The van der Waals surface area contributed by atoms with E-state index in [0.29, 0.717) is 18.7 Å². The summed E-state index contributed by atoms with van der Waals surface area (Å²) in [4.78, 5) is 27.1. The van der Waals surface area contributed by atoms with Crippen molar-refractivity contribution >= 4 is 28.7 Å². The van der Waals surface area contributed by atoms with E-state index in [9.17, 15) is 14.0 Å². The first-order valence-corrected chi connectivity index (χ1v) is 11.2. The zero-order valence-corrected chi connectivity index (χ0v) is 18.1. The Hall–Kier alpha value is -2.25. The number of carbonyl (C=O) groups excluding carboxylic acids is 2. The second-order valence-electron chi connectivity index (χ2n) is 8.09. The van der Waals surface area contributed by atoms with Gasteiger partial charge in [0.15, 0.2) is 10.9 Å². The predicted molar refractivity (Wildman–Crippen MR) is 116 cm³/mol. The van der Waals surface area contributed by atoms with Crippen LogP contribution in [-0.4, -0.2) is 43.9 Å². The Bertz CT molecular complexity index is 982. The molecule has 1 saturated carbocycles. The van der Waals surface area contributed by atoms with Crippen LogP contribution in [0.15, 0.2) is 42.1 Å². The molecule has 7 heteroatoms. The van der Waals surface area contributed by atoms with Crippen LogP contribution in [0.2, 0.25) is 0 Å². The number of hydrogen-bond donors (Lipinski definition) is 0. The third kappa shape index (κ3) is 4.73. The minimum absolute atomic E-state index is 0.0298. The molecule has 5 nitrogen and oxygen atoms in total. The number of Topliss-reactive ketones (excluding diaryl/α,β-unsaturated/α-hetero) is 1. The molecule has 2 fully saturated rings. The van der Waals surface area contributed by atoms with E-state index < -0.39 is 6.04 Å². The van der Waals surface area contributed by atoms with Crippen molar-refractivity contribution in [3.63, 3.8) is 0 Å². The molecular formula is C23H26FN3O2S. The maximum absolute atomic E-state index is 14.7. The molecule has 1 aromatic heterocycles. The Morgan fingerprint density at radius 2 is 2.00 bits per heavy atom. The first kappa shape index (κ1) is 21.0. The molecular weight excluding hydrogens is 401 g/mol. The van der Waals surface area contributed by atoms with Gasteiger partial charge in [0.2, 0.25) is 0 Å². The summed E-state index contributed by atoms with van der Waals surface area (Å²) in [6.45, 7) is 2.73. The van der Waals surface area contributed by atoms with Crippen LogP contribution >= 0.6 is 11.8 Å². The first-order chi connectivity index (χ1) is 14.4. The molecule has 2 atom stereocenters. The molecule has 2 unspecified atom stereocenters. The number of rotatable bonds is 6. The standard InChI is InChI=1S/C23H26FN3O2S/c1-15(28)30-21-10-12-27(14-17(21)13-18-9-11-26(2)25-18)22(23(29)16-7-8-16)19-5-3-4-6-20(19)24/h3-6,9,11,13,16,21-22H,7-8,10,12,14H2,1-2H3/b17-13-. The second-order valence-corrected chi connectivity index (χ2v) is 9.47. The third-order valence-electron chi connectivity index (χ3n) is 5.67. The van der Waals surface area contributed by atoms with Gasteiger partial charge in [0.05, 0.1) is 11.7 Å². The fraction of sp³-hybridized carbons (Fsp3) is 0.435. The Morgan fingerprint density at radius 1 is 1.23 bits per heavy atom. The summed E-state index contributed by atoms with van der Waals surface area (Å²) in [5.74, 6) is -0.205. The molecule has 1 aliphatic carbocycles. The zero-order valence-electron chi connectivity index (χ0n) is 17.3. The second kappa shape index (κ2) is 8.86. The third-order valence-corrected chi connectivity index (χ3v) is 6.82. The van der Waals surface area contributed by atoms with Crippen LogP contribution in [0.5, 0.6) is 0 Å². The largest absolute Gasteiger partial charge is 0.297 e. The quantitative estimate of drug-likeness (QED) is 0.697. The van der Waals surface area contributed by atoms with E-state index in [1.807, 2.05) is 25.4 Å². The minimum Gasteiger partial charge on any atom is -0.297 e. The molecule has 0 bridgehead atoms.